The van der Waals surface area contributed by atoms with Crippen LogP contribution in [0.3, 0.4) is 0 Å². The molecule has 0 unspecified atom stereocenters. The molecule has 15 heavy (non-hydrogen) atoms. The number of pyridine rings is 1. The van der Waals surface area contributed by atoms with E-state index in [1.54, 1.807) is 17.4 Å². The van der Waals surface area contributed by atoms with Crippen LogP contribution in [0.2, 0.25) is 0 Å². The van der Waals surface area contributed by atoms with Gasteiger partial charge in [0.15, 0.2) is 0 Å². The SMILES string of the molecule is Cc1csc(CNc2ccc(F)cn2)n1. The molecular formula is C10H10FN3S. The summed E-state index contributed by atoms with van der Waals surface area (Å²) >= 11 is 1.60. The summed E-state index contributed by atoms with van der Waals surface area (Å²) in [4.78, 5) is 8.19. The Labute approximate surface area is 91.0 Å². The highest BCUT2D eigenvalue weighted by Gasteiger charge is 1.99. The lowest BCUT2D eigenvalue weighted by atomic mass is 10.4. The molecule has 0 aliphatic rings. The fourth-order valence-electron chi connectivity index (χ4n) is 1.13. The van der Waals surface area contributed by atoms with Crippen LogP contribution in [0.5, 0.6) is 0 Å². The second kappa shape index (κ2) is 4.35. The average Bonchev–Trinajstić information content (AvgIpc) is 2.64. The van der Waals surface area contributed by atoms with Gasteiger partial charge in [-0.15, -0.1) is 11.3 Å². The first-order chi connectivity index (χ1) is 7.24. The Kier molecular flexibility index (Phi) is 2.91. The van der Waals surface area contributed by atoms with Crippen molar-refractivity contribution in [2.45, 2.75) is 13.5 Å². The van der Waals surface area contributed by atoms with E-state index in [2.05, 4.69) is 15.3 Å². The molecular weight excluding hydrogens is 213 g/mol. The van der Waals surface area contributed by atoms with E-state index < -0.39 is 0 Å². The average molecular weight is 223 g/mol. The minimum Gasteiger partial charge on any atom is -0.364 e. The van der Waals surface area contributed by atoms with Crippen LogP contribution in [-0.4, -0.2) is 9.97 Å². The summed E-state index contributed by atoms with van der Waals surface area (Å²) in [7, 11) is 0. The zero-order chi connectivity index (χ0) is 10.7. The summed E-state index contributed by atoms with van der Waals surface area (Å²) in [5.74, 6) is 0.329. The van der Waals surface area contributed by atoms with Gasteiger partial charge in [0.25, 0.3) is 0 Å². The predicted octanol–water partition coefficient (Wildman–Crippen LogP) is 2.60. The summed E-state index contributed by atoms with van der Waals surface area (Å²) in [6, 6.07) is 2.98. The number of nitrogens with zero attached hydrogens (tertiary/aromatic N) is 2. The lowest BCUT2D eigenvalue weighted by molar-refractivity contribution is 0.621. The van der Waals surface area contributed by atoms with E-state index in [1.807, 2.05) is 12.3 Å². The Balaban J connectivity index is 1.96. The second-order valence-corrected chi connectivity index (χ2v) is 4.04. The number of aromatic nitrogens is 2. The van der Waals surface area contributed by atoms with Gasteiger partial charge in [0, 0.05) is 11.1 Å². The normalized spacial score (nSPS) is 10.3. The summed E-state index contributed by atoms with van der Waals surface area (Å²) in [6.45, 7) is 2.58. The predicted molar refractivity (Wildman–Crippen MR) is 58.4 cm³/mol. The Morgan fingerprint density at radius 1 is 1.47 bits per heavy atom. The van der Waals surface area contributed by atoms with E-state index in [4.69, 9.17) is 0 Å². The fourth-order valence-corrected chi connectivity index (χ4v) is 1.84. The lowest BCUT2D eigenvalue weighted by Gasteiger charge is -2.01. The lowest BCUT2D eigenvalue weighted by Crippen LogP contribution is -2.00. The van der Waals surface area contributed by atoms with Gasteiger partial charge in [-0.3, -0.25) is 0 Å². The highest BCUT2D eigenvalue weighted by Crippen LogP contribution is 2.11. The zero-order valence-corrected chi connectivity index (χ0v) is 9.01. The van der Waals surface area contributed by atoms with E-state index in [0.29, 0.717) is 12.4 Å². The van der Waals surface area contributed by atoms with Gasteiger partial charge in [-0.2, -0.15) is 0 Å². The van der Waals surface area contributed by atoms with Crippen molar-refractivity contribution in [1.29, 1.82) is 0 Å². The van der Waals surface area contributed by atoms with Crippen LogP contribution >= 0.6 is 11.3 Å². The molecule has 2 aromatic heterocycles. The summed E-state index contributed by atoms with van der Waals surface area (Å²) in [6.07, 6.45) is 1.19. The molecule has 5 heteroatoms. The molecule has 0 spiro atoms. The molecule has 0 aliphatic heterocycles. The number of hydrogen-bond donors (Lipinski definition) is 1. The molecule has 3 nitrogen and oxygen atoms in total. The fraction of sp³-hybridized carbons (Fsp3) is 0.200. The van der Waals surface area contributed by atoms with Gasteiger partial charge >= 0.3 is 0 Å². The van der Waals surface area contributed by atoms with Gasteiger partial charge in [-0.1, -0.05) is 0 Å². The third-order valence-electron chi connectivity index (χ3n) is 1.81. The van der Waals surface area contributed by atoms with Crippen molar-refractivity contribution in [2.24, 2.45) is 0 Å². The van der Waals surface area contributed by atoms with E-state index in [9.17, 15) is 4.39 Å². The van der Waals surface area contributed by atoms with Crippen LogP contribution < -0.4 is 5.32 Å². The largest absolute Gasteiger partial charge is 0.364 e. The number of rotatable bonds is 3. The van der Waals surface area contributed by atoms with Crippen LogP contribution in [0.15, 0.2) is 23.7 Å². The van der Waals surface area contributed by atoms with Crippen molar-refractivity contribution in [2.75, 3.05) is 5.32 Å². The number of nitrogens with one attached hydrogen (secondary N) is 1. The first-order valence-electron chi connectivity index (χ1n) is 4.50. The van der Waals surface area contributed by atoms with Gasteiger partial charge in [0.05, 0.1) is 12.7 Å². The minimum atomic E-state index is -0.328. The highest BCUT2D eigenvalue weighted by molar-refractivity contribution is 7.09. The van der Waals surface area contributed by atoms with E-state index in [1.165, 1.54) is 12.3 Å². The summed E-state index contributed by atoms with van der Waals surface area (Å²) in [5, 5.41) is 6.07. The quantitative estimate of drug-likeness (QED) is 0.869. The standard InChI is InChI=1S/C10H10FN3S/c1-7-6-15-10(14-7)5-13-9-3-2-8(11)4-12-9/h2-4,6H,5H2,1H3,(H,12,13). The molecule has 0 amide bonds. The third kappa shape index (κ3) is 2.73. The molecule has 2 aromatic rings. The Bertz CT molecular complexity index is 438. The van der Waals surface area contributed by atoms with E-state index in [0.717, 1.165) is 10.7 Å². The zero-order valence-electron chi connectivity index (χ0n) is 8.20. The maximum absolute atomic E-state index is 12.6. The monoisotopic (exact) mass is 223 g/mol. The molecule has 1 N–H and O–H groups in total. The van der Waals surface area contributed by atoms with Crippen molar-refractivity contribution in [3.05, 3.63) is 40.2 Å². The van der Waals surface area contributed by atoms with Crippen molar-refractivity contribution in [1.82, 2.24) is 9.97 Å². The van der Waals surface area contributed by atoms with Crippen molar-refractivity contribution in [3.8, 4) is 0 Å². The molecule has 2 heterocycles. The molecule has 0 fully saturated rings. The Morgan fingerprint density at radius 2 is 2.33 bits per heavy atom. The Hall–Kier alpha value is -1.49. The number of anilines is 1. The third-order valence-corrected chi connectivity index (χ3v) is 2.78. The molecule has 0 radical (unpaired) electrons. The molecule has 0 aliphatic carbocycles. The van der Waals surface area contributed by atoms with Gasteiger partial charge < -0.3 is 5.32 Å². The van der Waals surface area contributed by atoms with Gasteiger partial charge in [-0.05, 0) is 19.1 Å². The molecule has 0 bridgehead atoms. The number of halogens is 1. The van der Waals surface area contributed by atoms with E-state index in [-0.39, 0.29) is 5.82 Å². The second-order valence-electron chi connectivity index (χ2n) is 3.10. The number of thiazole rings is 1. The topological polar surface area (TPSA) is 37.8 Å². The molecule has 78 valence electrons. The summed E-state index contributed by atoms with van der Waals surface area (Å²) in [5.41, 5.74) is 1.02. The summed E-state index contributed by atoms with van der Waals surface area (Å²) < 4.78 is 12.6. The number of aryl methyl sites for hydroxylation is 1. The first-order valence-corrected chi connectivity index (χ1v) is 5.38. The first kappa shape index (κ1) is 10.0. The van der Waals surface area contributed by atoms with Crippen LogP contribution in [0.25, 0.3) is 0 Å². The van der Waals surface area contributed by atoms with Crippen LogP contribution in [0.1, 0.15) is 10.7 Å². The molecule has 0 atom stereocenters. The van der Waals surface area contributed by atoms with Gasteiger partial charge in [0.1, 0.15) is 16.6 Å². The smallest absolute Gasteiger partial charge is 0.141 e. The van der Waals surface area contributed by atoms with Crippen LogP contribution in [-0.2, 0) is 6.54 Å². The Morgan fingerprint density at radius 3 is 2.93 bits per heavy atom. The van der Waals surface area contributed by atoms with Gasteiger partial charge in [0.2, 0.25) is 0 Å². The molecule has 0 saturated carbocycles. The van der Waals surface area contributed by atoms with Crippen molar-refractivity contribution < 1.29 is 4.39 Å². The van der Waals surface area contributed by atoms with Crippen molar-refractivity contribution in [3.63, 3.8) is 0 Å². The maximum atomic E-state index is 12.6. The number of hydrogen-bond acceptors (Lipinski definition) is 4. The highest BCUT2D eigenvalue weighted by atomic mass is 32.1. The molecule has 0 aromatic carbocycles. The van der Waals surface area contributed by atoms with Crippen LogP contribution in [0, 0.1) is 12.7 Å². The van der Waals surface area contributed by atoms with Crippen LogP contribution in [0.4, 0.5) is 10.2 Å². The van der Waals surface area contributed by atoms with Gasteiger partial charge in [-0.25, -0.2) is 14.4 Å². The molecule has 2 rings (SSSR count). The van der Waals surface area contributed by atoms with E-state index >= 15 is 0 Å². The maximum Gasteiger partial charge on any atom is 0.141 e. The minimum absolute atomic E-state index is 0.328. The molecule has 0 saturated heterocycles. The van der Waals surface area contributed by atoms with Crippen molar-refractivity contribution >= 4 is 17.2 Å².